The largest absolute Gasteiger partial charge is 0.356 e. The van der Waals surface area contributed by atoms with Crippen molar-refractivity contribution in [2.24, 2.45) is 12.0 Å². The fraction of sp³-hybridized carbons (Fsp3) is 0.522. The summed E-state index contributed by atoms with van der Waals surface area (Å²) in [6, 6.07) is 11.2. The van der Waals surface area contributed by atoms with E-state index in [9.17, 15) is 0 Å². The van der Waals surface area contributed by atoms with Gasteiger partial charge in [0.05, 0.1) is 0 Å². The van der Waals surface area contributed by atoms with Crippen molar-refractivity contribution in [3.05, 3.63) is 48.2 Å². The van der Waals surface area contributed by atoms with E-state index in [0.29, 0.717) is 12.6 Å². The number of nitrogens with zero attached hydrogens (tertiary/aromatic N) is 5. The van der Waals surface area contributed by atoms with Crippen LogP contribution in [0.15, 0.2) is 41.5 Å². The van der Waals surface area contributed by atoms with Crippen LogP contribution in [0.3, 0.4) is 0 Å². The first-order valence-corrected chi connectivity index (χ1v) is 11.1. The molecular formula is C23H33N7. The van der Waals surface area contributed by atoms with Crippen molar-refractivity contribution < 1.29 is 0 Å². The molecule has 2 aromatic heterocycles. The molecule has 4 rings (SSSR count). The lowest BCUT2D eigenvalue weighted by atomic mass is 9.96. The maximum atomic E-state index is 4.81. The van der Waals surface area contributed by atoms with Crippen LogP contribution in [0.1, 0.15) is 50.2 Å². The number of guanidine groups is 1. The molecule has 1 aromatic carbocycles. The number of hydrogen-bond donors (Lipinski definition) is 2. The van der Waals surface area contributed by atoms with Crippen LogP contribution < -0.4 is 10.6 Å². The Labute approximate surface area is 178 Å². The lowest BCUT2D eigenvalue weighted by Crippen LogP contribution is -2.44. The predicted molar refractivity (Wildman–Crippen MR) is 121 cm³/mol. The number of aliphatic imine (C=N–C) groups is 1. The zero-order valence-corrected chi connectivity index (χ0v) is 18.1. The molecule has 7 nitrogen and oxygen atoms in total. The van der Waals surface area contributed by atoms with E-state index in [4.69, 9.17) is 4.99 Å². The van der Waals surface area contributed by atoms with Crippen molar-refractivity contribution in [3.63, 3.8) is 0 Å². The van der Waals surface area contributed by atoms with Crippen molar-refractivity contribution in [2.75, 3.05) is 6.54 Å². The monoisotopic (exact) mass is 407 g/mol. The molecule has 2 N–H and O–H groups in total. The van der Waals surface area contributed by atoms with E-state index in [-0.39, 0.29) is 0 Å². The number of hydrogen-bond acceptors (Lipinski definition) is 3. The molecular weight excluding hydrogens is 374 g/mol. The molecule has 1 aliphatic rings. The molecule has 160 valence electrons. The van der Waals surface area contributed by atoms with Crippen molar-refractivity contribution in [2.45, 2.75) is 64.6 Å². The first-order chi connectivity index (χ1) is 14.7. The van der Waals surface area contributed by atoms with Crippen LogP contribution in [0.2, 0.25) is 0 Å². The van der Waals surface area contributed by atoms with Gasteiger partial charge in [0.1, 0.15) is 12.4 Å². The van der Waals surface area contributed by atoms with Gasteiger partial charge in [-0.05, 0) is 43.7 Å². The van der Waals surface area contributed by atoms with E-state index < -0.39 is 0 Å². The first-order valence-electron chi connectivity index (χ1n) is 11.1. The molecule has 1 aliphatic carbocycles. The Morgan fingerprint density at radius 2 is 1.97 bits per heavy atom. The molecule has 3 aromatic rings. The minimum absolute atomic E-state index is 0.514. The zero-order chi connectivity index (χ0) is 20.8. The van der Waals surface area contributed by atoms with Gasteiger partial charge in [0.15, 0.2) is 11.8 Å². The highest BCUT2D eigenvalue weighted by atomic mass is 15.3. The second-order valence-electron chi connectivity index (χ2n) is 8.21. The van der Waals surface area contributed by atoms with Gasteiger partial charge in [0.25, 0.3) is 0 Å². The molecule has 0 radical (unpaired) electrons. The third-order valence-corrected chi connectivity index (χ3v) is 6.06. The van der Waals surface area contributed by atoms with E-state index in [0.717, 1.165) is 37.1 Å². The Balaban J connectivity index is 1.35. The van der Waals surface area contributed by atoms with Crippen LogP contribution in [0, 0.1) is 6.92 Å². The first kappa shape index (κ1) is 20.4. The number of aromatic nitrogens is 4. The Kier molecular flexibility index (Phi) is 6.67. The minimum atomic E-state index is 0.514. The van der Waals surface area contributed by atoms with Gasteiger partial charge < -0.3 is 19.8 Å². The Morgan fingerprint density at radius 1 is 1.13 bits per heavy atom. The second-order valence-corrected chi connectivity index (χ2v) is 8.21. The van der Waals surface area contributed by atoms with Crippen LogP contribution in [-0.4, -0.2) is 37.9 Å². The summed E-state index contributed by atoms with van der Waals surface area (Å²) >= 11 is 0. The number of aryl methyl sites for hydroxylation is 2. The summed E-state index contributed by atoms with van der Waals surface area (Å²) < 4.78 is 4.32. The zero-order valence-electron chi connectivity index (χ0n) is 18.1. The van der Waals surface area contributed by atoms with E-state index in [1.54, 1.807) is 0 Å². The molecule has 7 heteroatoms. The topological polar surface area (TPSA) is 72.1 Å². The summed E-state index contributed by atoms with van der Waals surface area (Å²) in [5, 5.41) is 16.9. The van der Waals surface area contributed by atoms with Gasteiger partial charge in [-0.2, -0.15) is 0 Å². The van der Waals surface area contributed by atoms with Crippen LogP contribution >= 0.6 is 0 Å². The molecule has 0 spiro atoms. The smallest absolute Gasteiger partial charge is 0.191 e. The molecule has 0 aliphatic heterocycles. The quantitative estimate of drug-likeness (QED) is 0.357. The fourth-order valence-electron chi connectivity index (χ4n) is 4.12. The Bertz CT molecular complexity index is 979. The van der Waals surface area contributed by atoms with Gasteiger partial charge in [0, 0.05) is 37.9 Å². The summed E-state index contributed by atoms with van der Waals surface area (Å²) in [7, 11) is 1.99. The average molecular weight is 408 g/mol. The van der Waals surface area contributed by atoms with Gasteiger partial charge in [-0.25, -0.2) is 4.99 Å². The van der Waals surface area contributed by atoms with Crippen LogP contribution in [0.5, 0.6) is 0 Å². The normalized spacial score (nSPS) is 15.6. The summed E-state index contributed by atoms with van der Waals surface area (Å²) in [6.45, 7) is 4.36. The average Bonchev–Trinajstić information content (AvgIpc) is 3.33. The van der Waals surface area contributed by atoms with Crippen molar-refractivity contribution in [1.82, 2.24) is 30.0 Å². The van der Waals surface area contributed by atoms with Gasteiger partial charge in [0.2, 0.25) is 0 Å². The van der Waals surface area contributed by atoms with Gasteiger partial charge in [-0.15, -0.1) is 10.2 Å². The Morgan fingerprint density at radius 3 is 2.77 bits per heavy atom. The van der Waals surface area contributed by atoms with E-state index in [2.05, 4.69) is 61.9 Å². The maximum Gasteiger partial charge on any atom is 0.191 e. The molecule has 0 bridgehead atoms. The van der Waals surface area contributed by atoms with Crippen molar-refractivity contribution in [3.8, 4) is 0 Å². The molecule has 0 atom stereocenters. The molecule has 0 amide bonds. The molecule has 0 saturated heterocycles. The van der Waals surface area contributed by atoms with Crippen LogP contribution in [0.4, 0.5) is 0 Å². The van der Waals surface area contributed by atoms with E-state index >= 15 is 0 Å². The summed E-state index contributed by atoms with van der Waals surface area (Å²) in [4.78, 5) is 4.81. The van der Waals surface area contributed by atoms with E-state index in [1.807, 2.05) is 18.5 Å². The lowest BCUT2D eigenvalue weighted by molar-refractivity contribution is 0.409. The molecule has 0 unspecified atom stereocenters. The molecule has 30 heavy (non-hydrogen) atoms. The third-order valence-electron chi connectivity index (χ3n) is 6.06. The van der Waals surface area contributed by atoms with Crippen LogP contribution in [-0.2, 0) is 20.1 Å². The summed E-state index contributed by atoms with van der Waals surface area (Å²) in [5.41, 5.74) is 1.30. The molecule has 1 saturated carbocycles. The number of benzene rings is 1. The maximum absolute atomic E-state index is 4.81. The number of nitrogens with one attached hydrogen (secondary N) is 2. The highest BCUT2D eigenvalue weighted by molar-refractivity contribution is 5.80. The predicted octanol–water partition coefficient (Wildman–Crippen LogP) is 3.54. The number of para-hydroxylation sites is 1. The van der Waals surface area contributed by atoms with Gasteiger partial charge in [-0.1, -0.05) is 37.5 Å². The second kappa shape index (κ2) is 9.78. The minimum Gasteiger partial charge on any atom is -0.356 e. The van der Waals surface area contributed by atoms with Crippen molar-refractivity contribution >= 4 is 16.9 Å². The summed E-state index contributed by atoms with van der Waals surface area (Å²) in [5.74, 6) is 2.69. The van der Waals surface area contributed by atoms with Gasteiger partial charge >= 0.3 is 0 Å². The number of fused-ring (bicyclic) bond motifs is 1. The van der Waals surface area contributed by atoms with E-state index in [1.165, 1.54) is 43.0 Å². The highest BCUT2D eigenvalue weighted by Gasteiger charge is 2.15. The Hall–Kier alpha value is -2.83. The lowest BCUT2D eigenvalue weighted by Gasteiger charge is -2.25. The molecule has 1 fully saturated rings. The molecule has 2 heterocycles. The highest BCUT2D eigenvalue weighted by Crippen LogP contribution is 2.17. The third kappa shape index (κ3) is 5.01. The number of rotatable bonds is 7. The van der Waals surface area contributed by atoms with Gasteiger partial charge in [-0.3, -0.25) is 0 Å². The summed E-state index contributed by atoms with van der Waals surface area (Å²) in [6.07, 6.45) is 9.60. The standard InChI is InChI=1S/C23H33N7/c1-18-27-28-22(29(18)2)17-25-23(26-20-10-4-3-5-11-20)24-14-8-15-30-16-13-19-9-6-7-12-21(19)30/h6-7,9,12-13,16,20H,3-5,8,10-11,14-15,17H2,1-2H3,(H2,24,25,26). The SMILES string of the molecule is Cc1nnc(CN=C(NCCCn2ccc3ccccc32)NC2CCCCC2)n1C. The van der Waals surface area contributed by atoms with Crippen molar-refractivity contribution in [1.29, 1.82) is 0 Å². The van der Waals surface area contributed by atoms with Crippen LogP contribution in [0.25, 0.3) is 10.9 Å². The fourth-order valence-corrected chi connectivity index (χ4v) is 4.12.